The lowest BCUT2D eigenvalue weighted by Crippen LogP contribution is -2.46. The number of nitrogens with zero attached hydrogens (tertiary/aromatic N) is 8. The monoisotopic (exact) mass is 698 g/mol. The summed E-state index contributed by atoms with van der Waals surface area (Å²) in [7, 11) is 0. The lowest BCUT2D eigenvalue weighted by atomic mass is 9.87. The SMILES string of the molecule is CC[C@H](C(C)=O)n1ncn(-c2ccc(N3CCN(c4ccc(OC[C@@H]5CO[C@@](Cn6cncn6)(c6ccc(F)cc6F)C5)cc4)CC3)cc2)c1=O. The van der Waals surface area contributed by atoms with E-state index in [1.165, 1.54) is 41.0 Å². The first kappa shape index (κ1) is 34.1. The highest BCUT2D eigenvalue weighted by atomic mass is 19.1. The first-order valence-corrected chi connectivity index (χ1v) is 17.1. The number of aromatic nitrogens is 6. The number of halogens is 2. The molecule has 2 aliphatic rings. The van der Waals surface area contributed by atoms with Gasteiger partial charge >= 0.3 is 5.69 Å². The predicted molar refractivity (Wildman–Crippen MR) is 186 cm³/mol. The molecule has 5 aromatic rings. The number of ether oxygens (including phenoxy) is 2. The van der Waals surface area contributed by atoms with Crippen LogP contribution in [0.2, 0.25) is 0 Å². The van der Waals surface area contributed by atoms with Crippen molar-refractivity contribution >= 4 is 17.2 Å². The van der Waals surface area contributed by atoms with E-state index in [0.29, 0.717) is 37.3 Å². The van der Waals surface area contributed by atoms with Gasteiger partial charge in [0.05, 0.1) is 25.4 Å². The van der Waals surface area contributed by atoms with E-state index in [2.05, 4.69) is 37.1 Å². The van der Waals surface area contributed by atoms with E-state index in [0.717, 1.165) is 49.4 Å². The van der Waals surface area contributed by atoms with Gasteiger partial charge in [-0.3, -0.25) is 4.79 Å². The Morgan fingerprint density at radius 1 is 0.941 bits per heavy atom. The number of piperazine rings is 1. The number of benzene rings is 3. The highest BCUT2D eigenvalue weighted by molar-refractivity contribution is 5.79. The molecular formula is C37H40F2N8O4. The minimum absolute atomic E-state index is 0.0152. The highest BCUT2D eigenvalue weighted by Gasteiger charge is 2.44. The molecule has 3 aromatic carbocycles. The van der Waals surface area contributed by atoms with Crippen LogP contribution in [0.3, 0.4) is 0 Å². The second-order valence-corrected chi connectivity index (χ2v) is 13.2. The number of carbonyl (C=O) groups excluding carboxylic acids is 1. The van der Waals surface area contributed by atoms with Crippen LogP contribution in [0.1, 0.15) is 38.3 Å². The molecule has 2 aliphatic heterocycles. The first-order chi connectivity index (χ1) is 24.7. The summed E-state index contributed by atoms with van der Waals surface area (Å²) in [5.74, 6) is -0.666. The second kappa shape index (κ2) is 14.5. The maximum absolute atomic E-state index is 15.0. The van der Waals surface area contributed by atoms with Crippen LogP contribution < -0.4 is 20.2 Å². The molecule has 0 radical (unpaired) electrons. The Hall–Kier alpha value is -5.37. The molecule has 0 saturated carbocycles. The Kier molecular flexibility index (Phi) is 9.67. The summed E-state index contributed by atoms with van der Waals surface area (Å²) in [5, 5.41) is 8.37. The molecule has 2 saturated heterocycles. The minimum Gasteiger partial charge on any atom is -0.493 e. The summed E-state index contributed by atoms with van der Waals surface area (Å²) in [6.45, 7) is 7.67. The fraction of sp³-hybridized carbons (Fsp3) is 0.378. The van der Waals surface area contributed by atoms with Crippen molar-refractivity contribution in [2.24, 2.45) is 5.92 Å². The highest BCUT2D eigenvalue weighted by Crippen LogP contribution is 2.42. The van der Waals surface area contributed by atoms with Gasteiger partial charge in [0.1, 0.15) is 48.0 Å². The third-order valence-corrected chi connectivity index (χ3v) is 9.82. The Bertz CT molecular complexity index is 2010. The Balaban J connectivity index is 0.925. The fourth-order valence-corrected chi connectivity index (χ4v) is 7.14. The molecule has 3 atom stereocenters. The van der Waals surface area contributed by atoms with Gasteiger partial charge in [-0.15, -0.1) is 0 Å². The van der Waals surface area contributed by atoms with Gasteiger partial charge in [-0.25, -0.2) is 32.5 Å². The summed E-state index contributed by atoms with van der Waals surface area (Å²) in [5.41, 5.74) is 1.81. The zero-order valence-electron chi connectivity index (χ0n) is 28.6. The van der Waals surface area contributed by atoms with Crippen molar-refractivity contribution in [3.8, 4) is 11.4 Å². The van der Waals surface area contributed by atoms with Gasteiger partial charge in [0.2, 0.25) is 0 Å². The van der Waals surface area contributed by atoms with Crippen molar-refractivity contribution in [2.75, 3.05) is 49.2 Å². The van der Waals surface area contributed by atoms with Crippen molar-refractivity contribution in [1.29, 1.82) is 0 Å². The summed E-state index contributed by atoms with van der Waals surface area (Å²) >= 11 is 0. The molecule has 14 heteroatoms. The predicted octanol–water partition coefficient (Wildman–Crippen LogP) is 4.78. The summed E-state index contributed by atoms with van der Waals surface area (Å²) in [4.78, 5) is 33.5. The maximum atomic E-state index is 15.0. The van der Waals surface area contributed by atoms with Gasteiger partial charge in [-0.2, -0.15) is 10.2 Å². The Morgan fingerprint density at radius 3 is 2.22 bits per heavy atom. The summed E-state index contributed by atoms with van der Waals surface area (Å²) in [6, 6.07) is 18.9. The molecule has 2 aromatic heterocycles. The van der Waals surface area contributed by atoms with Gasteiger partial charge in [0.15, 0.2) is 5.78 Å². The molecule has 2 fully saturated rings. The molecule has 0 aliphatic carbocycles. The van der Waals surface area contributed by atoms with E-state index in [1.807, 2.05) is 43.3 Å². The number of anilines is 2. The largest absolute Gasteiger partial charge is 0.493 e. The van der Waals surface area contributed by atoms with Crippen molar-refractivity contribution in [3.05, 3.63) is 113 Å². The molecule has 51 heavy (non-hydrogen) atoms. The number of carbonyl (C=O) groups is 1. The smallest absolute Gasteiger partial charge is 0.351 e. The number of hydrogen-bond donors (Lipinski definition) is 0. The van der Waals surface area contributed by atoms with Crippen LogP contribution in [0.25, 0.3) is 5.69 Å². The van der Waals surface area contributed by atoms with Crippen molar-refractivity contribution in [3.63, 3.8) is 0 Å². The van der Waals surface area contributed by atoms with E-state index in [-0.39, 0.29) is 23.9 Å². The number of rotatable bonds is 12. The summed E-state index contributed by atoms with van der Waals surface area (Å²) < 4.78 is 45.4. The molecule has 266 valence electrons. The lowest BCUT2D eigenvalue weighted by molar-refractivity contribution is -0.120. The normalized spacial score (nSPS) is 19.7. The number of Topliss-reactive ketones (excluding diaryl/α,β-unsaturated/α-hetero) is 1. The molecule has 0 spiro atoms. The maximum Gasteiger partial charge on any atom is 0.351 e. The third kappa shape index (κ3) is 7.13. The van der Waals surface area contributed by atoms with E-state index in [1.54, 1.807) is 11.0 Å². The van der Waals surface area contributed by atoms with Gasteiger partial charge in [-0.05, 0) is 74.4 Å². The van der Waals surface area contributed by atoms with E-state index in [9.17, 15) is 18.4 Å². The molecule has 0 bridgehead atoms. The quantitative estimate of drug-likeness (QED) is 0.182. The topological polar surface area (TPSA) is 113 Å². The van der Waals surface area contributed by atoms with Crippen molar-refractivity contribution in [2.45, 2.75) is 44.9 Å². The van der Waals surface area contributed by atoms with Crippen molar-refractivity contribution in [1.82, 2.24) is 29.1 Å². The Labute approximate surface area is 293 Å². The van der Waals surface area contributed by atoms with Crippen LogP contribution >= 0.6 is 0 Å². The van der Waals surface area contributed by atoms with E-state index >= 15 is 0 Å². The number of ketones is 1. The Morgan fingerprint density at radius 2 is 1.61 bits per heavy atom. The molecule has 0 amide bonds. The van der Waals surface area contributed by atoms with Crippen LogP contribution in [0.4, 0.5) is 20.2 Å². The summed E-state index contributed by atoms with van der Waals surface area (Å²) in [6.07, 6.45) is 5.41. The third-order valence-electron chi connectivity index (χ3n) is 9.82. The van der Waals surface area contributed by atoms with Crippen LogP contribution in [-0.2, 0) is 21.7 Å². The van der Waals surface area contributed by atoms with Gasteiger partial charge in [0.25, 0.3) is 0 Å². The van der Waals surface area contributed by atoms with Crippen LogP contribution in [0.5, 0.6) is 5.75 Å². The average molecular weight is 699 g/mol. The van der Waals surface area contributed by atoms with Crippen LogP contribution in [-0.4, -0.2) is 74.3 Å². The lowest BCUT2D eigenvalue weighted by Gasteiger charge is -2.37. The zero-order valence-corrected chi connectivity index (χ0v) is 28.6. The molecule has 0 unspecified atom stereocenters. The van der Waals surface area contributed by atoms with Gasteiger partial charge in [-0.1, -0.05) is 13.0 Å². The second-order valence-electron chi connectivity index (χ2n) is 13.2. The fourth-order valence-electron chi connectivity index (χ4n) is 7.14. The standard InChI is InChI=1S/C37H40F2N8O4/c1-3-35(26(2)48)47-36(49)46(25-42-47)31-7-5-29(6-8-31)43-14-16-44(17-15-43)30-9-11-32(12-10-30)50-20-27-19-37(51-21-27,22-45-24-40-23-41-45)33-13-4-28(38)18-34(33)39/h4-13,18,23-25,27,35H,3,14-17,19-22H2,1-2H3/t27-,35-,37+/m1/s1. The zero-order chi connectivity index (χ0) is 35.5. The van der Waals surface area contributed by atoms with Crippen molar-refractivity contribution < 1.29 is 23.0 Å². The minimum atomic E-state index is -1.02. The molecular weight excluding hydrogens is 658 g/mol. The molecule has 7 rings (SSSR count). The van der Waals surface area contributed by atoms with E-state index < -0.39 is 23.3 Å². The molecule has 12 nitrogen and oxygen atoms in total. The van der Waals surface area contributed by atoms with Crippen LogP contribution in [0.15, 0.2) is 90.5 Å². The first-order valence-electron chi connectivity index (χ1n) is 17.1. The number of hydrogen-bond acceptors (Lipinski definition) is 9. The van der Waals surface area contributed by atoms with Crippen LogP contribution in [0, 0.1) is 17.6 Å². The van der Waals surface area contributed by atoms with E-state index in [4.69, 9.17) is 9.47 Å². The molecule has 4 heterocycles. The van der Waals surface area contributed by atoms with Gasteiger partial charge < -0.3 is 19.3 Å². The van der Waals surface area contributed by atoms with Gasteiger partial charge in [0, 0.05) is 55.1 Å². The molecule has 0 N–H and O–H groups in total. The average Bonchev–Trinajstić information content (AvgIpc) is 3.90.